The monoisotopic (exact) mass is 563 g/mol. The van der Waals surface area contributed by atoms with Gasteiger partial charge in [-0.1, -0.05) is 18.6 Å². The molecule has 216 valence electrons. The molecule has 3 N–H and O–H groups in total. The van der Waals surface area contributed by atoms with E-state index in [1.165, 1.54) is 18.3 Å². The first kappa shape index (κ1) is 29.3. The lowest BCUT2D eigenvalue weighted by molar-refractivity contribution is -0.139. The Morgan fingerprint density at radius 1 is 1.10 bits per heavy atom. The number of nitrogens with zero attached hydrogens (tertiary/aromatic N) is 2. The smallest absolute Gasteiger partial charge is 0.346 e. The van der Waals surface area contributed by atoms with Crippen molar-refractivity contribution in [3.63, 3.8) is 0 Å². The number of halogens is 4. The van der Waals surface area contributed by atoms with E-state index in [0.29, 0.717) is 5.69 Å². The van der Waals surface area contributed by atoms with Gasteiger partial charge in [-0.05, 0) is 81.2 Å². The topological polar surface area (TPSA) is 105 Å². The molecule has 0 aliphatic heterocycles. The number of hydrogen-bond donors (Lipinski definition) is 3. The number of hydrogen-bond acceptors (Lipinski definition) is 4. The zero-order valence-electron chi connectivity index (χ0n) is 22.6. The zero-order chi connectivity index (χ0) is 29.2. The molecule has 2 aliphatic carbocycles. The number of allylic oxidation sites excluding steroid dienone is 1. The van der Waals surface area contributed by atoms with E-state index in [4.69, 9.17) is 0 Å². The minimum Gasteiger partial charge on any atom is -0.346 e. The molecule has 8 nitrogen and oxygen atoms in total. The number of carbonyl (C=O) groups excluding carboxylic acids is 3. The van der Waals surface area contributed by atoms with Crippen molar-refractivity contribution in [2.45, 2.75) is 77.1 Å². The predicted octanol–water partition coefficient (Wildman–Crippen LogP) is 5.01. The van der Waals surface area contributed by atoms with Gasteiger partial charge in [-0.3, -0.25) is 19.1 Å². The van der Waals surface area contributed by atoms with Crippen LogP contribution in [0.15, 0.2) is 41.6 Å². The van der Waals surface area contributed by atoms with E-state index in [1.54, 1.807) is 17.7 Å². The second kappa shape index (κ2) is 11.8. The molecule has 0 saturated heterocycles. The molecule has 1 aromatic heterocycles. The molecule has 3 amide bonds. The third kappa shape index (κ3) is 7.08. The highest BCUT2D eigenvalue weighted by Crippen LogP contribution is 2.46. The van der Waals surface area contributed by atoms with Gasteiger partial charge in [0.2, 0.25) is 5.91 Å². The zero-order valence-corrected chi connectivity index (χ0v) is 22.6. The predicted molar refractivity (Wildman–Crippen MR) is 140 cm³/mol. The molecule has 2 saturated carbocycles. The van der Waals surface area contributed by atoms with Crippen molar-refractivity contribution in [1.82, 2.24) is 20.4 Å². The van der Waals surface area contributed by atoms with Crippen molar-refractivity contribution < 1.29 is 31.9 Å². The number of nitrogens with one attached hydrogen (secondary N) is 3. The summed E-state index contributed by atoms with van der Waals surface area (Å²) in [5.74, 6) is -3.62. The summed E-state index contributed by atoms with van der Waals surface area (Å²) in [6, 6.07) is 4.18. The summed E-state index contributed by atoms with van der Waals surface area (Å²) in [4.78, 5) is 39.1. The maximum atomic E-state index is 15.1. The number of carbonyl (C=O) groups is 3. The van der Waals surface area contributed by atoms with E-state index in [0.717, 1.165) is 42.9 Å². The van der Waals surface area contributed by atoms with Gasteiger partial charge in [-0.25, -0.2) is 4.39 Å². The minimum absolute atomic E-state index is 0.0807. The molecule has 1 heterocycles. The van der Waals surface area contributed by atoms with E-state index in [-0.39, 0.29) is 29.6 Å². The summed E-state index contributed by atoms with van der Waals surface area (Å²) in [6.07, 6.45) is 0.577. The highest BCUT2D eigenvalue weighted by atomic mass is 19.4. The van der Waals surface area contributed by atoms with Crippen molar-refractivity contribution in [1.29, 1.82) is 0 Å². The Bertz CT molecular complexity index is 1310. The molecular weight excluding hydrogens is 530 g/mol. The minimum atomic E-state index is -4.57. The molecular formula is C28H33F4N5O3. The molecule has 2 aliphatic rings. The van der Waals surface area contributed by atoms with Crippen LogP contribution in [0.2, 0.25) is 0 Å². The maximum Gasteiger partial charge on any atom is 0.405 e. The van der Waals surface area contributed by atoms with Crippen LogP contribution in [-0.4, -0.2) is 46.3 Å². The van der Waals surface area contributed by atoms with Gasteiger partial charge < -0.3 is 16.0 Å². The van der Waals surface area contributed by atoms with Crippen LogP contribution in [0.1, 0.15) is 80.9 Å². The number of aromatic nitrogens is 2. The molecule has 0 bridgehead atoms. The van der Waals surface area contributed by atoms with Gasteiger partial charge in [0.05, 0.1) is 11.6 Å². The van der Waals surface area contributed by atoms with E-state index < -0.39 is 48.2 Å². The first-order chi connectivity index (χ1) is 18.9. The van der Waals surface area contributed by atoms with Gasteiger partial charge in [0.1, 0.15) is 24.1 Å². The van der Waals surface area contributed by atoms with Crippen LogP contribution in [0.25, 0.3) is 0 Å². The van der Waals surface area contributed by atoms with Gasteiger partial charge in [0.25, 0.3) is 11.8 Å². The summed E-state index contributed by atoms with van der Waals surface area (Å²) in [6.45, 7) is 3.88. The average molecular weight is 564 g/mol. The van der Waals surface area contributed by atoms with Crippen LogP contribution in [0.5, 0.6) is 0 Å². The Morgan fingerprint density at radius 3 is 2.35 bits per heavy atom. The molecule has 0 spiro atoms. The number of anilines is 1. The van der Waals surface area contributed by atoms with Crippen LogP contribution < -0.4 is 16.0 Å². The first-order valence-electron chi connectivity index (χ1n) is 13.4. The van der Waals surface area contributed by atoms with Gasteiger partial charge in [-0.15, -0.1) is 0 Å². The fourth-order valence-electron chi connectivity index (χ4n) is 4.81. The number of rotatable bonds is 11. The lowest BCUT2D eigenvalue weighted by Crippen LogP contribution is -2.46. The van der Waals surface area contributed by atoms with Gasteiger partial charge in [0.15, 0.2) is 0 Å². The maximum absolute atomic E-state index is 15.1. The Balaban J connectivity index is 1.54. The molecule has 0 radical (unpaired) electrons. The van der Waals surface area contributed by atoms with Crippen molar-refractivity contribution in [2.24, 2.45) is 5.92 Å². The lowest BCUT2D eigenvalue weighted by atomic mass is 9.95. The fraction of sp³-hybridized carbons (Fsp3) is 0.500. The van der Waals surface area contributed by atoms with E-state index in [1.807, 2.05) is 19.2 Å². The van der Waals surface area contributed by atoms with Crippen molar-refractivity contribution in [2.75, 3.05) is 11.9 Å². The summed E-state index contributed by atoms with van der Waals surface area (Å²) in [5, 5.41) is 11.4. The van der Waals surface area contributed by atoms with Crippen LogP contribution in [0.4, 0.5) is 23.2 Å². The Morgan fingerprint density at radius 2 is 1.80 bits per heavy atom. The SMILES string of the molecule is CCC(C(=O)NCC(F)(F)F)c1ccc(NC(=O)[C@@H](NC(=O)c2ccnn2C(C)C)C(=C2CC2)C2CC2)c(F)c1. The Hall–Kier alpha value is -3.70. The van der Waals surface area contributed by atoms with Gasteiger partial charge >= 0.3 is 6.18 Å². The number of alkyl halides is 3. The summed E-state index contributed by atoms with van der Waals surface area (Å²) < 4.78 is 54.3. The van der Waals surface area contributed by atoms with E-state index >= 15 is 4.39 Å². The van der Waals surface area contributed by atoms with Crippen molar-refractivity contribution in [3.05, 3.63) is 58.7 Å². The summed E-state index contributed by atoms with van der Waals surface area (Å²) in [7, 11) is 0. The number of benzene rings is 1. The second-order valence-corrected chi connectivity index (χ2v) is 10.5. The molecule has 1 unspecified atom stereocenters. The molecule has 12 heteroatoms. The molecule has 4 rings (SSSR count). The standard InChI is InChI=1S/C28H33F4N5O3/c1-4-19(25(38)33-14-28(30,31)32)18-9-10-21(20(29)13-18)35-27(40)24(23(16-5-6-16)17-7-8-17)36-26(39)22-11-12-34-37(22)15(2)3/h9-13,15-16,19,24H,4-8,14H2,1-3H3,(H,33,38)(H,35,40)(H,36,39)/t19?,24-/m0/s1. The highest BCUT2D eigenvalue weighted by Gasteiger charge is 2.40. The molecule has 40 heavy (non-hydrogen) atoms. The van der Waals surface area contributed by atoms with Crippen molar-refractivity contribution >= 4 is 23.4 Å². The fourth-order valence-corrected chi connectivity index (χ4v) is 4.81. The largest absolute Gasteiger partial charge is 0.405 e. The summed E-state index contributed by atoms with van der Waals surface area (Å²) >= 11 is 0. The first-order valence-corrected chi connectivity index (χ1v) is 13.4. The number of amides is 3. The average Bonchev–Trinajstić information content (AvgIpc) is 3.83. The van der Waals surface area contributed by atoms with Gasteiger partial charge in [-0.2, -0.15) is 18.3 Å². The molecule has 2 fully saturated rings. The van der Waals surface area contributed by atoms with Gasteiger partial charge in [0, 0.05) is 12.2 Å². The van der Waals surface area contributed by atoms with Crippen LogP contribution in [-0.2, 0) is 9.59 Å². The van der Waals surface area contributed by atoms with Crippen LogP contribution >= 0.6 is 0 Å². The van der Waals surface area contributed by atoms with E-state index in [9.17, 15) is 27.6 Å². The second-order valence-electron chi connectivity index (χ2n) is 10.5. The van der Waals surface area contributed by atoms with Crippen LogP contribution in [0.3, 0.4) is 0 Å². The third-order valence-electron chi connectivity index (χ3n) is 7.01. The third-order valence-corrected chi connectivity index (χ3v) is 7.01. The van der Waals surface area contributed by atoms with Crippen molar-refractivity contribution in [3.8, 4) is 0 Å². The molecule has 1 aromatic carbocycles. The molecule has 2 aromatic rings. The summed E-state index contributed by atoms with van der Waals surface area (Å²) in [5.41, 5.74) is 2.30. The van der Waals surface area contributed by atoms with E-state index in [2.05, 4.69) is 15.7 Å². The highest BCUT2D eigenvalue weighted by molar-refractivity contribution is 6.02. The quantitative estimate of drug-likeness (QED) is 0.264. The lowest BCUT2D eigenvalue weighted by Gasteiger charge is -2.23. The Labute approximate surface area is 229 Å². The normalized spacial score (nSPS) is 16.4. The van der Waals surface area contributed by atoms with Crippen LogP contribution in [0, 0.1) is 11.7 Å². The molecule has 2 atom stereocenters. The Kier molecular flexibility index (Phi) is 8.65.